The highest BCUT2D eigenvalue weighted by Crippen LogP contribution is 2.54. The number of likely N-dealkylation sites (tertiary alicyclic amines) is 1. The molecule has 4 heterocycles. The van der Waals surface area contributed by atoms with Crippen LogP contribution < -0.4 is 5.32 Å². The fourth-order valence-corrected chi connectivity index (χ4v) is 6.90. The minimum atomic E-state index is 0.0210. The van der Waals surface area contributed by atoms with Gasteiger partial charge in [-0.2, -0.15) is 0 Å². The minimum absolute atomic E-state index is 0.0210. The number of carbonyl (C=O) groups is 1. The molecule has 148 valence electrons. The number of benzene rings is 1. The lowest BCUT2D eigenvalue weighted by Crippen LogP contribution is -2.44. The Morgan fingerprint density at radius 2 is 2.21 bits per heavy atom. The predicted octanol–water partition coefficient (Wildman–Crippen LogP) is 3.19. The molecule has 1 spiro atoms. The molecule has 4 fully saturated rings. The van der Waals surface area contributed by atoms with Crippen molar-refractivity contribution in [1.82, 2.24) is 15.2 Å². The van der Waals surface area contributed by atoms with Crippen LogP contribution in [-0.2, 0) is 16.1 Å². The van der Waals surface area contributed by atoms with Crippen LogP contribution in [0.2, 0.25) is 0 Å². The van der Waals surface area contributed by atoms with Crippen molar-refractivity contribution in [1.29, 1.82) is 0 Å². The van der Waals surface area contributed by atoms with E-state index in [0.29, 0.717) is 17.9 Å². The SMILES string of the molecule is O=C(NC[C@H]1[C@H]2CN(Cc3nc4ccccc4s3)C[C@]23CC[C@H]1O3)C1CCC1. The quantitative estimate of drug-likeness (QED) is 0.842. The number of fused-ring (bicyclic) bond motifs is 2. The molecule has 28 heavy (non-hydrogen) atoms. The molecule has 0 unspecified atom stereocenters. The van der Waals surface area contributed by atoms with Crippen LogP contribution in [0.4, 0.5) is 0 Å². The van der Waals surface area contributed by atoms with Crippen molar-refractivity contribution in [2.45, 2.75) is 50.4 Å². The first-order valence-electron chi connectivity index (χ1n) is 10.7. The summed E-state index contributed by atoms with van der Waals surface area (Å²) in [6.45, 7) is 3.78. The van der Waals surface area contributed by atoms with Gasteiger partial charge in [0.1, 0.15) is 5.01 Å². The van der Waals surface area contributed by atoms with Crippen LogP contribution in [0.25, 0.3) is 10.2 Å². The molecule has 6 rings (SSSR count). The van der Waals surface area contributed by atoms with Gasteiger partial charge in [0, 0.05) is 37.4 Å². The van der Waals surface area contributed by atoms with E-state index < -0.39 is 0 Å². The van der Waals surface area contributed by atoms with Crippen molar-refractivity contribution >= 4 is 27.5 Å². The zero-order valence-electron chi connectivity index (χ0n) is 16.1. The molecule has 1 aromatic carbocycles. The number of hydrogen-bond donors (Lipinski definition) is 1. The van der Waals surface area contributed by atoms with E-state index >= 15 is 0 Å². The summed E-state index contributed by atoms with van der Waals surface area (Å²) in [5.41, 5.74) is 1.13. The highest BCUT2D eigenvalue weighted by molar-refractivity contribution is 7.18. The number of nitrogens with one attached hydrogen (secondary N) is 1. The van der Waals surface area contributed by atoms with E-state index in [0.717, 1.165) is 51.0 Å². The lowest BCUT2D eigenvalue weighted by atomic mass is 9.73. The molecule has 4 aliphatic rings. The second-order valence-corrected chi connectivity index (χ2v) is 10.3. The van der Waals surface area contributed by atoms with Gasteiger partial charge in [-0.05, 0) is 37.8 Å². The van der Waals surface area contributed by atoms with Gasteiger partial charge in [0.15, 0.2) is 0 Å². The molecule has 1 N–H and O–H groups in total. The van der Waals surface area contributed by atoms with Crippen molar-refractivity contribution in [2.75, 3.05) is 19.6 Å². The van der Waals surface area contributed by atoms with Gasteiger partial charge in [-0.1, -0.05) is 18.6 Å². The summed E-state index contributed by atoms with van der Waals surface area (Å²) < 4.78 is 7.81. The van der Waals surface area contributed by atoms with Gasteiger partial charge < -0.3 is 10.1 Å². The highest BCUT2D eigenvalue weighted by atomic mass is 32.1. The maximum atomic E-state index is 12.3. The van der Waals surface area contributed by atoms with Gasteiger partial charge in [-0.15, -0.1) is 11.3 Å². The van der Waals surface area contributed by atoms with Crippen LogP contribution >= 0.6 is 11.3 Å². The van der Waals surface area contributed by atoms with Gasteiger partial charge in [-0.25, -0.2) is 4.98 Å². The first kappa shape index (κ1) is 17.4. The Morgan fingerprint density at radius 3 is 3.04 bits per heavy atom. The lowest BCUT2D eigenvalue weighted by molar-refractivity contribution is -0.127. The highest BCUT2D eigenvalue weighted by Gasteiger charge is 2.62. The lowest BCUT2D eigenvalue weighted by Gasteiger charge is -2.31. The molecule has 1 saturated carbocycles. The summed E-state index contributed by atoms with van der Waals surface area (Å²) in [6.07, 6.45) is 6.01. The number of para-hydroxylation sites is 1. The number of hydrogen-bond acceptors (Lipinski definition) is 5. The zero-order chi connectivity index (χ0) is 18.7. The third kappa shape index (κ3) is 2.72. The Hall–Kier alpha value is -1.50. The van der Waals surface area contributed by atoms with Crippen molar-refractivity contribution in [3.05, 3.63) is 29.3 Å². The van der Waals surface area contributed by atoms with Crippen molar-refractivity contribution in [3.63, 3.8) is 0 Å². The monoisotopic (exact) mass is 397 g/mol. The molecule has 2 aromatic rings. The summed E-state index contributed by atoms with van der Waals surface area (Å²) in [5, 5.41) is 4.45. The maximum absolute atomic E-state index is 12.3. The van der Waals surface area contributed by atoms with E-state index in [1.807, 2.05) is 0 Å². The molecular weight excluding hydrogens is 370 g/mol. The number of aromatic nitrogens is 1. The summed E-state index contributed by atoms with van der Waals surface area (Å²) in [5.74, 6) is 1.56. The largest absolute Gasteiger partial charge is 0.370 e. The van der Waals surface area contributed by atoms with Crippen LogP contribution in [0.15, 0.2) is 24.3 Å². The van der Waals surface area contributed by atoms with Gasteiger partial charge in [-0.3, -0.25) is 9.69 Å². The minimum Gasteiger partial charge on any atom is -0.370 e. The Bertz CT molecular complexity index is 877. The predicted molar refractivity (Wildman–Crippen MR) is 109 cm³/mol. The molecule has 6 heteroatoms. The Morgan fingerprint density at radius 1 is 1.32 bits per heavy atom. The number of nitrogens with zero attached hydrogens (tertiary/aromatic N) is 2. The molecule has 3 saturated heterocycles. The summed E-state index contributed by atoms with van der Waals surface area (Å²) in [7, 11) is 0. The second-order valence-electron chi connectivity index (χ2n) is 9.15. The number of amides is 1. The van der Waals surface area contributed by atoms with Gasteiger partial charge in [0.05, 0.1) is 28.5 Å². The summed E-state index contributed by atoms with van der Waals surface area (Å²) in [4.78, 5) is 19.7. The second kappa shape index (κ2) is 6.51. The van der Waals surface area contributed by atoms with Crippen LogP contribution in [0, 0.1) is 17.8 Å². The number of thiazole rings is 1. The van der Waals surface area contributed by atoms with E-state index in [2.05, 4.69) is 34.5 Å². The van der Waals surface area contributed by atoms with Crippen LogP contribution in [0.3, 0.4) is 0 Å². The average molecular weight is 398 g/mol. The van der Waals surface area contributed by atoms with Gasteiger partial charge >= 0.3 is 0 Å². The van der Waals surface area contributed by atoms with Crippen molar-refractivity contribution in [2.24, 2.45) is 17.8 Å². The Labute approximate surface area is 169 Å². The van der Waals surface area contributed by atoms with Gasteiger partial charge in [0.2, 0.25) is 5.91 Å². The zero-order valence-corrected chi connectivity index (χ0v) is 16.9. The van der Waals surface area contributed by atoms with E-state index in [1.165, 1.54) is 22.5 Å². The van der Waals surface area contributed by atoms with E-state index in [9.17, 15) is 4.79 Å². The topological polar surface area (TPSA) is 54.5 Å². The number of rotatable bonds is 5. The van der Waals surface area contributed by atoms with E-state index in [1.54, 1.807) is 11.3 Å². The van der Waals surface area contributed by atoms with E-state index in [-0.39, 0.29) is 17.4 Å². The number of ether oxygens (including phenoxy) is 1. The fraction of sp³-hybridized carbons (Fsp3) is 0.636. The standard InChI is InChI=1S/C22H27N3O2S/c26-21(14-4-3-5-14)23-10-15-16-11-25(13-22(16)9-8-18(15)27-22)12-20-24-17-6-1-2-7-19(17)28-20/h1-2,6-7,14-16,18H,3-5,8-13H2,(H,23,26)/t15-,16+,18+,22+/m0/s1. The molecule has 0 radical (unpaired) electrons. The smallest absolute Gasteiger partial charge is 0.223 e. The van der Waals surface area contributed by atoms with Gasteiger partial charge in [0.25, 0.3) is 0 Å². The third-order valence-corrected chi connectivity index (χ3v) is 8.56. The molecule has 1 aliphatic carbocycles. The Balaban J connectivity index is 1.14. The molecule has 2 bridgehead atoms. The number of carbonyl (C=O) groups excluding carboxylic acids is 1. The summed E-state index contributed by atoms with van der Waals surface area (Å²) >= 11 is 1.81. The summed E-state index contributed by atoms with van der Waals surface area (Å²) in [6, 6.07) is 8.39. The van der Waals surface area contributed by atoms with Crippen LogP contribution in [-0.4, -0.2) is 47.1 Å². The normalized spacial score (nSPS) is 34.6. The maximum Gasteiger partial charge on any atom is 0.223 e. The van der Waals surface area contributed by atoms with Crippen LogP contribution in [0.5, 0.6) is 0 Å². The molecule has 4 atom stereocenters. The van der Waals surface area contributed by atoms with Crippen LogP contribution in [0.1, 0.15) is 37.1 Å². The first-order valence-corrected chi connectivity index (χ1v) is 11.5. The molecule has 1 amide bonds. The first-order chi connectivity index (χ1) is 13.7. The molecule has 1 aromatic heterocycles. The molecule has 5 nitrogen and oxygen atoms in total. The van der Waals surface area contributed by atoms with E-state index in [4.69, 9.17) is 9.72 Å². The van der Waals surface area contributed by atoms with Crippen molar-refractivity contribution in [3.8, 4) is 0 Å². The third-order valence-electron chi connectivity index (χ3n) is 7.54. The van der Waals surface area contributed by atoms with Crippen molar-refractivity contribution < 1.29 is 9.53 Å². The average Bonchev–Trinajstić information content (AvgIpc) is 3.36. The fourth-order valence-electron chi connectivity index (χ4n) is 5.89. The molecule has 3 aliphatic heterocycles. The molecular formula is C22H27N3O2S. The Kier molecular flexibility index (Phi) is 4.04.